The van der Waals surface area contributed by atoms with E-state index in [2.05, 4.69) is 43.1 Å². The highest BCUT2D eigenvalue weighted by molar-refractivity contribution is 5.56. The molecular formula is C13H18N. The molecule has 1 heterocycles. The van der Waals surface area contributed by atoms with Crippen molar-refractivity contribution in [3.8, 4) is 0 Å². The van der Waals surface area contributed by atoms with Gasteiger partial charge in [-0.15, -0.1) is 0 Å². The van der Waals surface area contributed by atoms with E-state index in [1.54, 1.807) is 0 Å². The van der Waals surface area contributed by atoms with Gasteiger partial charge in [0.25, 0.3) is 0 Å². The maximum absolute atomic E-state index is 3.96. The molecule has 14 heavy (non-hydrogen) atoms. The number of nitrogens with zero attached hydrogens (tertiary/aromatic N) is 1. The lowest BCUT2D eigenvalue weighted by Gasteiger charge is -2.33. The molecule has 2 rings (SSSR count). The Kier molecular flexibility index (Phi) is 2.76. The van der Waals surface area contributed by atoms with Crippen LogP contribution in [-0.2, 0) is 0 Å². The van der Waals surface area contributed by atoms with Crippen molar-refractivity contribution in [2.45, 2.75) is 25.2 Å². The third-order valence-electron chi connectivity index (χ3n) is 3.15. The van der Waals surface area contributed by atoms with E-state index in [4.69, 9.17) is 0 Å². The van der Waals surface area contributed by atoms with Crippen molar-refractivity contribution < 1.29 is 0 Å². The first kappa shape index (κ1) is 9.57. The molecule has 0 aromatic heterocycles. The number of hydrogen-bond donors (Lipinski definition) is 0. The molecule has 1 radical (unpaired) electrons. The molecule has 1 aliphatic rings. The highest BCUT2D eigenvalue weighted by atomic mass is 15.1. The van der Waals surface area contributed by atoms with Crippen molar-refractivity contribution in [3.05, 3.63) is 36.8 Å². The summed E-state index contributed by atoms with van der Waals surface area (Å²) in [7, 11) is 2.18. The second-order valence-corrected chi connectivity index (χ2v) is 4.11. The zero-order chi connectivity index (χ0) is 9.97. The average Bonchev–Trinajstić information content (AvgIpc) is 2.23. The van der Waals surface area contributed by atoms with Gasteiger partial charge in [-0.3, -0.25) is 0 Å². The Hall–Kier alpha value is -0.980. The molecule has 0 spiro atoms. The minimum Gasteiger partial charge on any atom is -0.374 e. The molecule has 1 unspecified atom stereocenters. The van der Waals surface area contributed by atoms with Crippen LogP contribution in [0.1, 0.15) is 30.7 Å². The Morgan fingerprint density at radius 1 is 1.43 bits per heavy atom. The van der Waals surface area contributed by atoms with Crippen LogP contribution >= 0.6 is 0 Å². The van der Waals surface area contributed by atoms with Crippen molar-refractivity contribution in [2.75, 3.05) is 18.5 Å². The molecule has 0 amide bonds. The molecule has 1 aliphatic heterocycles. The van der Waals surface area contributed by atoms with Crippen LogP contribution in [0, 0.1) is 6.92 Å². The van der Waals surface area contributed by atoms with Crippen LogP contribution in [-0.4, -0.2) is 13.6 Å². The average molecular weight is 188 g/mol. The van der Waals surface area contributed by atoms with E-state index in [9.17, 15) is 0 Å². The number of benzene rings is 1. The fourth-order valence-corrected chi connectivity index (χ4v) is 2.35. The number of fused-ring (bicyclic) bond motifs is 1. The summed E-state index contributed by atoms with van der Waals surface area (Å²) < 4.78 is 0. The molecule has 75 valence electrons. The first-order valence-corrected chi connectivity index (χ1v) is 5.42. The van der Waals surface area contributed by atoms with Gasteiger partial charge in [0.2, 0.25) is 0 Å². The highest BCUT2D eigenvalue weighted by Gasteiger charge is 2.21. The SMILES string of the molecule is [CH2]CCC1CCN(C)c2ccccc21. The Labute approximate surface area is 86.7 Å². The van der Waals surface area contributed by atoms with Gasteiger partial charge in [-0.2, -0.15) is 0 Å². The molecule has 1 atom stereocenters. The predicted octanol–water partition coefficient (Wildman–Crippen LogP) is 3.22. The molecule has 0 saturated carbocycles. The zero-order valence-electron chi connectivity index (χ0n) is 8.87. The van der Waals surface area contributed by atoms with Gasteiger partial charge >= 0.3 is 0 Å². The van der Waals surface area contributed by atoms with Crippen LogP contribution in [0.5, 0.6) is 0 Å². The monoisotopic (exact) mass is 188 g/mol. The molecule has 0 saturated heterocycles. The third-order valence-corrected chi connectivity index (χ3v) is 3.15. The number of hydrogen-bond acceptors (Lipinski definition) is 1. The molecule has 0 bridgehead atoms. The van der Waals surface area contributed by atoms with Crippen molar-refractivity contribution in [1.82, 2.24) is 0 Å². The molecule has 1 heteroatoms. The van der Waals surface area contributed by atoms with Crippen molar-refractivity contribution >= 4 is 5.69 Å². The smallest absolute Gasteiger partial charge is 0.0399 e. The quantitative estimate of drug-likeness (QED) is 0.688. The van der Waals surface area contributed by atoms with Crippen LogP contribution in [0.4, 0.5) is 5.69 Å². The fraction of sp³-hybridized carbons (Fsp3) is 0.462. The minimum atomic E-state index is 0.736. The van der Waals surface area contributed by atoms with E-state index in [-0.39, 0.29) is 0 Å². The highest BCUT2D eigenvalue weighted by Crippen LogP contribution is 2.36. The first-order chi connectivity index (χ1) is 6.83. The number of rotatable bonds is 2. The molecule has 0 fully saturated rings. The van der Waals surface area contributed by atoms with Gasteiger partial charge in [-0.05, 0) is 30.4 Å². The summed E-state index contributed by atoms with van der Waals surface area (Å²) in [5.41, 5.74) is 2.93. The lowest BCUT2D eigenvalue weighted by Crippen LogP contribution is -2.27. The van der Waals surface area contributed by atoms with Gasteiger partial charge < -0.3 is 4.90 Å². The molecule has 0 N–H and O–H groups in total. The summed E-state index contributed by atoms with van der Waals surface area (Å²) in [5, 5.41) is 0. The fourth-order valence-electron chi connectivity index (χ4n) is 2.35. The lowest BCUT2D eigenvalue weighted by atomic mass is 9.87. The van der Waals surface area contributed by atoms with E-state index in [0.717, 1.165) is 12.3 Å². The van der Waals surface area contributed by atoms with E-state index >= 15 is 0 Å². The molecule has 1 aromatic carbocycles. The van der Waals surface area contributed by atoms with Crippen LogP contribution in [0.15, 0.2) is 24.3 Å². The molecule has 1 nitrogen and oxygen atoms in total. The standard InChI is InChI=1S/C13H18N/c1-3-6-11-9-10-14(2)13-8-5-4-7-12(11)13/h4-5,7-8,11H,1,3,6,9-10H2,2H3. The Morgan fingerprint density at radius 3 is 3.00 bits per heavy atom. The Morgan fingerprint density at radius 2 is 2.21 bits per heavy atom. The Bertz CT molecular complexity index is 306. The van der Waals surface area contributed by atoms with E-state index in [0.29, 0.717) is 0 Å². The van der Waals surface area contributed by atoms with Gasteiger partial charge in [0.05, 0.1) is 0 Å². The molecule has 0 aliphatic carbocycles. The van der Waals surface area contributed by atoms with E-state index in [1.165, 1.54) is 30.6 Å². The molecular weight excluding hydrogens is 170 g/mol. The summed E-state index contributed by atoms with van der Waals surface area (Å²) in [6.07, 6.45) is 3.55. The van der Waals surface area contributed by atoms with Gasteiger partial charge in [-0.25, -0.2) is 0 Å². The van der Waals surface area contributed by atoms with Crippen LogP contribution in [0.2, 0.25) is 0 Å². The van der Waals surface area contributed by atoms with Gasteiger partial charge in [0.1, 0.15) is 0 Å². The van der Waals surface area contributed by atoms with Crippen LogP contribution < -0.4 is 4.90 Å². The van der Waals surface area contributed by atoms with Crippen LogP contribution in [0.25, 0.3) is 0 Å². The topological polar surface area (TPSA) is 3.24 Å². The van der Waals surface area contributed by atoms with Gasteiger partial charge in [-0.1, -0.05) is 31.5 Å². The molecule has 1 aromatic rings. The largest absolute Gasteiger partial charge is 0.374 e. The Balaban J connectivity index is 2.31. The van der Waals surface area contributed by atoms with Gasteiger partial charge in [0, 0.05) is 19.3 Å². The third kappa shape index (κ3) is 1.63. The predicted molar refractivity (Wildman–Crippen MR) is 61.7 cm³/mol. The van der Waals surface area contributed by atoms with Crippen LogP contribution in [0.3, 0.4) is 0 Å². The summed E-state index contributed by atoms with van der Waals surface area (Å²) in [4.78, 5) is 2.36. The lowest BCUT2D eigenvalue weighted by molar-refractivity contribution is 0.558. The van der Waals surface area contributed by atoms with E-state index < -0.39 is 0 Å². The second-order valence-electron chi connectivity index (χ2n) is 4.11. The summed E-state index contributed by atoms with van der Waals surface area (Å²) in [6, 6.07) is 8.77. The first-order valence-electron chi connectivity index (χ1n) is 5.42. The van der Waals surface area contributed by atoms with Crippen molar-refractivity contribution in [3.63, 3.8) is 0 Å². The summed E-state index contributed by atoms with van der Waals surface area (Å²) in [5.74, 6) is 0.736. The minimum absolute atomic E-state index is 0.736. The second kappa shape index (κ2) is 4.04. The maximum atomic E-state index is 3.96. The zero-order valence-corrected chi connectivity index (χ0v) is 8.87. The number of anilines is 1. The van der Waals surface area contributed by atoms with E-state index in [1.807, 2.05) is 0 Å². The normalized spacial score (nSPS) is 20.7. The maximum Gasteiger partial charge on any atom is 0.0399 e. The number of para-hydroxylation sites is 1. The van der Waals surface area contributed by atoms with Gasteiger partial charge in [0.15, 0.2) is 0 Å². The van der Waals surface area contributed by atoms with Crippen molar-refractivity contribution in [1.29, 1.82) is 0 Å². The summed E-state index contributed by atoms with van der Waals surface area (Å²) in [6.45, 7) is 5.14. The summed E-state index contributed by atoms with van der Waals surface area (Å²) >= 11 is 0. The van der Waals surface area contributed by atoms with Crippen molar-refractivity contribution in [2.24, 2.45) is 0 Å².